The standard InChI is InChI=1S/C18H16BrN3O/c1-12-7-3-6-10-17(12)22-13(2)14(11-20-22)18(23)21-16-9-5-4-8-15(16)19/h3-11H,1-2H3,(H,21,23). The van der Waals surface area contributed by atoms with Gasteiger partial charge < -0.3 is 5.32 Å². The number of amides is 1. The van der Waals surface area contributed by atoms with E-state index in [1.165, 1.54) is 0 Å². The molecule has 0 saturated carbocycles. The first-order valence-corrected chi connectivity index (χ1v) is 8.03. The fraction of sp³-hybridized carbons (Fsp3) is 0.111. The number of carbonyl (C=O) groups excluding carboxylic acids is 1. The van der Waals surface area contributed by atoms with Crippen LogP contribution in [0, 0.1) is 13.8 Å². The van der Waals surface area contributed by atoms with Crippen LogP contribution in [0.25, 0.3) is 5.69 Å². The number of benzene rings is 2. The van der Waals surface area contributed by atoms with Gasteiger partial charge in [-0.2, -0.15) is 5.10 Å². The van der Waals surface area contributed by atoms with Crippen molar-refractivity contribution >= 4 is 27.5 Å². The molecule has 1 aromatic heterocycles. The van der Waals surface area contributed by atoms with Crippen molar-refractivity contribution < 1.29 is 4.79 Å². The maximum atomic E-state index is 12.5. The van der Waals surface area contributed by atoms with E-state index in [1.54, 1.807) is 10.9 Å². The molecule has 4 nitrogen and oxygen atoms in total. The SMILES string of the molecule is Cc1ccccc1-n1ncc(C(=O)Nc2ccccc2Br)c1C. The van der Waals surface area contributed by atoms with Crippen molar-refractivity contribution in [1.29, 1.82) is 0 Å². The van der Waals surface area contributed by atoms with Crippen molar-refractivity contribution in [2.75, 3.05) is 5.32 Å². The number of rotatable bonds is 3. The van der Waals surface area contributed by atoms with Crippen molar-refractivity contribution in [2.24, 2.45) is 0 Å². The summed E-state index contributed by atoms with van der Waals surface area (Å²) in [5.74, 6) is -0.172. The van der Waals surface area contributed by atoms with E-state index in [2.05, 4.69) is 26.3 Å². The zero-order chi connectivity index (χ0) is 16.4. The highest BCUT2D eigenvalue weighted by atomic mass is 79.9. The number of para-hydroxylation sites is 2. The van der Waals surface area contributed by atoms with Gasteiger partial charge in [0.15, 0.2) is 0 Å². The fourth-order valence-corrected chi connectivity index (χ4v) is 2.81. The lowest BCUT2D eigenvalue weighted by atomic mass is 10.2. The number of nitrogens with one attached hydrogen (secondary N) is 1. The maximum absolute atomic E-state index is 12.5. The number of hydrogen-bond donors (Lipinski definition) is 1. The molecule has 0 radical (unpaired) electrons. The summed E-state index contributed by atoms with van der Waals surface area (Å²) in [6.07, 6.45) is 1.61. The highest BCUT2D eigenvalue weighted by molar-refractivity contribution is 9.10. The number of aryl methyl sites for hydroxylation is 1. The van der Waals surface area contributed by atoms with Gasteiger partial charge in [0.05, 0.1) is 28.8 Å². The Labute approximate surface area is 143 Å². The normalized spacial score (nSPS) is 10.6. The van der Waals surface area contributed by atoms with E-state index >= 15 is 0 Å². The number of anilines is 1. The molecule has 0 saturated heterocycles. The topological polar surface area (TPSA) is 46.9 Å². The molecule has 1 N–H and O–H groups in total. The summed E-state index contributed by atoms with van der Waals surface area (Å²) in [5.41, 5.74) is 4.19. The molecule has 1 amide bonds. The second-order valence-corrected chi connectivity index (χ2v) is 6.13. The van der Waals surface area contributed by atoms with Gasteiger partial charge in [0.25, 0.3) is 5.91 Å². The van der Waals surface area contributed by atoms with Gasteiger partial charge >= 0.3 is 0 Å². The summed E-state index contributed by atoms with van der Waals surface area (Å²) in [4.78, 5) is 12.5. The van der Waals surface area contributed by atoms with Crippen molar-refractivity contribution in [3.8, 4) is 5.69 Å². The van der Waals surface area contributed by atoms with Crippen molar-refractivity contribution in [1.82, 2.24) is 9.78 Å². The molecule has 1 heterocycles. The average Bonchev–Trinajstić information content (AvgIpc) is 2.92. The Bertz CT molecular complexity index is 870. The fourth-order valence-electron chi connectivity index (χ4n) is 2.43. The molecule has 0 fully saturated rings. The quantitative estimate of drug-likeness (QED) is 0.738. The minimum absolute atomic E-state index is 0.172. The summed E-state index contributed by atoms with van der Waals surface area (Å²) in [5, 5.41) is 7.28. The van der Waals surface area contributed by atoms with Crippen molar-refractivity contribution in [3.63, 3.8) is 0 Å². The molecule has 2 aromatic carbocycles. The lowest BCUT2D eigenvalue weighted by Gasteiger charge is -2.09. The second kappa shape index (κ2) is 6.38. The molecule has 0 atom stereocenters. The second-order valence-electron chi connectivity index (χ2n) is 5.28. The zero-order valence-corrected chi connectivity index (χ0v) is 14.5. The molecule has 0 unspecified atom stereocenters. The first-order chi connectivity index (χ1) is 11.1. The van der Waals surface area contributed by atoms with Crippen molar-refractivity contribution in [3.05, 3.63) is 76.0 Å². The van der Waals surface area contributed by atoms with Crippen LogP contribution >= 0.6 is 15.9 Å². The molecule has 5 heteroatoms. The highest BCUT2D eigenvalue weighted by Gasteiger charge is 2.16. The van der Waals surface area contributed by atoms with Crippen LogP contribution in [-0.2, 0) is 0 Å². The van der Waals surface area contributed by atoms with Gasteiger partial charge in [-0.05, 0) is 53.5 Å². The molecule has 0 aliphatic carbocycles. The Morgan fingerprint density at radius 2 is 1.78 bits per heavy atom. The third-order valence-electron chi connectivity index (χ3n) is 3.72. The molecule has 0 bridgehead atoms. The monoisotopic (exact) mass is 369 g/mol. The van der Waals surface area contributed by atoms with Crippen molar-refractivity contribution in [2.45, 2.75) is 13.8 Å². The summed E-state index contributed by atoms with van der Waals surface area (Å²) in [7, 11) is 0. The van der Waals surface area contributed by atoms with Crippen LogP contribution in [0.2, 0.25) is 0 Å². The molecule has 116 valence electrons. The lowest BCUT2D eigenvalue weighted by molar-refractivity contribution is 0.102. The number of halogens is 1. The Morgan fingerprint density at radius 1 is 1.09 bits per heavy atom. The van der Waals surface area contributed by atoms with Gasteiger partial charge in [-0.1, -0.05) is 30.3 Å². The lowest BCUT2D eigenvalue weighted by Crippen LogP contribution is -2.13. The number of carbonyl (C=O) groups is 1. The molecule has 23 heavy (non-hydrogen) atoms. The van der Waals surface area contributed by atoms with Gasteiger partial charge in [0, 0.05) is 4.47 Å². The number of aromatic nitrogens is 2. The smallest absolute Gasteiger partial charge is 0.259 e. The minimum Gasteiger partial charge on any atom is -0.321 e. The van der Waals surface area contributed by atoms with E-state index < -0.39 is 0 Å². The van der Waals surface area contributed by atoms with Crippen LogP contribution in [0.1, 0.15) is 21.6 Å². The van der Waals surface area contributed by atoms with Gasteiger partial charge in [-0.3, -0.25) is 4.79 Å². The Kier molecular flexibility index (Phi) is 4.30. The van der Waals surface area contributed by atoms with Crippen LogP contribution in [0.3, 0.4) is 0 Å². The van der Waals surface area contributed by atoms with Gasteiger partial charge in [-0.15, -0.1) is 0 Å². The zero-order valence-electron chi connectivity index (χ0n) is 12.9. The van der Waals surface area contributed by atoms with Crippen LogP contribution < -0.4 is 5.32 Å². The highest BCUT2D eigenvalue weighted by Crippen LogP contribution is 2.23. The third kappa shape index (κ3) is 3.05. The van der Waals surface area contributed by atoms with E-state index in [0.717, 1.165) is 27.1 Å². The minimum atomic E-state index is -0.172. The molecule has 3 aromatic rings. The number of nitrogens with zero attached hydrogens (tertiary/aromatic N) is 2. The summed E-state index contributed by atoms with van der Waals surface area (Å²) >= 11 is 3.43. The summed E-state index contributed by atoms with van der Waals surface area (Å²) in [6, 6.07) is 15.5. The van der Waals surface area contributed by atoms with Gasteiger partial charge in [0.1, 0.15) is 0 Å². The van der Waals surface area contributed by atoms with Gasteiger partial charge in [-0.25, -0.2) is 4.68 Å². The first kappa shape index (κ1) is 15.5. The molecule has 0 spiro atoms. The van der Waals surface area contributed by atoms with Gasteiger partial charge in [0.2, 0.25) is 0 Å². The third-order valence-corrected chi connectivity index (χ3v) is 4.41. The average molecular weight is 370 g/mol. The number of hydrogen-bond acceptors (Lipinski definition) is 2. The Balaban J connectivity index is 1.92. The Morgan fingerprint density at radius 3 is 2.52 bits per heavy atom. The molecular weight excluding hydrogens is 354 g/mol. The van der Waals surface area contributed by atoms with E-state index in [9.17, 15) is 4.79 Å². The molecular formula is C18H16BrN3O. The van der Waals surface area contributed by atoms with Crippen LogP contribution in [0.4, 0.5) is 5.69 Å². The van der Waals surface area contributed by atoms with Crippen LogP contribution in [-0.4, -0.2) is 15.7 Å². The maximum Gasteiger partial charge on any atom is 0.259 e. The first-order valence-electron chi connectivity index (χ1n) is 7.24. The van der Waals surface area contributed by atoms with E-state index in [-0.39, 0.29) is 5.91 Å². The predicted octanol–water partition coefficient (Wildman–Crippen LogP) is 4.50. The summed E-state index contributed by atoms with van der Waals surface area (Å²) in [6.45, 7) is 3.92. The van der Waals surface area contributed by atoms with E-state index in [1.807, 2.05) is 62.4 Å². The Hall–Kier alpha value is -2.40. The van der Waals surface area contributed by atoms with E-state index in [0.29, 0.717) is 5.56 Å². The molecule has 0 aliphatic heterocycles. The van der Waals surface area contributed by atoms with E-state index in [4.69, 9.17) is 0 Å². The summed E-state index contributed by atoms with van der Waals surface area (Å²) < 4.78 is 2.64. The van der Waals surface area contributed by atoms with Crippen LogP contribution in [0.15, 0.2) is 59.2 Å². The largest absolute Gasteiger partial charge is 0.321 e. The molecule has 0 aliphatic rings. The molecule has 3 rings (SSSR count). The van der Waals surface area contributed by atoms with Crippen LogP contribution in [0.5, 0.6) is 0 Å². The predicted molar refractivity (Wildman–Crippen MR) is 95.1 cm³/mol.